The Morgan fingerprint density at radius 2 is 2.11 bits per heavy atom. The average molecular weight is 365 g/mol. The molecule has 7 nitrogen and oxygen atoms in total. The number of aryl methyl sites for hydroxylation is 1. The van der Waals surface area contributed by atoms with Gasteiger partial charge in [-0.25, -0.2) is 9.97 Å². The highest BCUT2D eigenvalue weighted by atomic mass is 16.5. The maximum Gasteiger partial charge on any atom is 0.205 e. The third-order valence-corrected chi connectivity index (χ3v) is 4.48. The molecule has 1 aliphatic rings. The fourth-order valence-corrected chi connectivity index (χ4v) is 3.13. The van der Waals surface area contributed by atoms with Crippen molar-refractivity contribution in [3.8, 4) is 5.75 Å². The number of hydrogen-bond donors (Lipinski definition) is 0. The van der Waals surface area contributed by atoms with E-state index in [4.69, 9.17) is 13.9 Å². The van der Waals surface area contributed by atoms with Gasteiger partial charge < -0.3 is 13.9 Å². The molecule has 0 N–H and O–H groups in total. The van der Waals surface area contributed by atoms with Crippen molar-refractivity contribution in [2.24, 2.45) is 0 Å². The van der Waals surface area contributed by atoms with Crippen LogP contribution in [-0.4, -0.2) is 41.1 Å². The lowest BCUT2D eigenvalue weighted by Crippen LogP contribution is -2.07. The number of fused-ring (bicyclic) bond motifs is 1. The molecule has 0 unspecified atom stereocenters. The first-order valence-electron chi connectivity index (χ1n) is 8.71. The summed E-state index contributed by atoms with van der Waals surface area (Å²) >= 11 is 0. The lowest BCUT2D eigenvalue weighted by atomic mass is 9.99. The molecule has 0 saturated carbocycles. The first-order valence-corrected chi connectivity index (χ1v) is 8.71. The minimum atomic E-state index is -0.188. The Kier molecular flexibility index (Phi) is 4.68. The Morgan fingerprint density at radius 3 is 2.81 bits per heavy atom. The SMILES string of the molecule is COc1ccc(C2=CCOCC2)c2ncc(CC(=O)c3cnc(C)o3)nc12. The Labute approximate surface area is 156 Å². The predicted molar refractivity (Wildman–Crippen MR) is 98.8 cm³/mol. The molecule has 3 aromatic rings. The van der Waals surface area contributed by atoms with Crippen LogP contribution in [0.3, 0.4) is 0 Å². The summed E-state index contributed by atoms with van der Waals surface area (Å²) in [5.74, 6) is 1.12. The number of oxazole rings is 1. The number of ketones is 1. The van der Waals surface area contributed by atoms with E-state index in [1.807, 2.05) is 12.1 Å². The normalized spacial score (nSPS) is 14.2. The molecule has 0 radical (unpaired) electrons. The van der Waals surface area contributed by atoms with Crippen molar-refractivity contribution in [1.82, 2.24) is 15.0 Å². The van der Waals surface area contributed by atoms with Crippen LogP contribution in [0.15, 0.2) is 35.0 Å². The van der Waals surface area contributed by atoms with Gasteiger partial charge in [-0.05, 0) is 24.1 Å². The molecule has 0 bridgehead atoms. The molecule has 0 atom stereocenters. The molecule has 27 heavy (non-hydrogen) atoms. The number of ether oxygens (including phenoxy) is 2. The summed E-state index contributed by atoms with van der Waals surface area (Å²) in [5.41, 5.74) is 4.16. The van der Waals surface area contributed by atoms with E-state index < -0.39 is 0 Å². The van der Waals surface area contributed by atoms with Crippen LogP contribution in [0.4, 0.5) is 0 Å². The van der Waals surface area contributed by atoms with Gasteiger partial charge in [0.05, 0.1) is 44.2 Å². The largest absolute Gasteiger partial charge is 0.494 e. The molecule has 0 aliphatic carbocycles. The van der Waals surface area contributed by atoms with Crippen molar-refractivity contribution in [3.05, 3.63) is 53.5 Å². The third-order valence-electron chi connectivity index (χ3n) is 4.48. The summed E-state index contributed by atoms with van der Waals surface area (Å²) < 4.78 is 16.1. The van der Waals surface area contributed by atoms with E-state index in [0.29, 0.717) is 36.1 Å². The number of methoxy groups -OCH3 is 1. The van der Waals surface area contributed by atoms with Gasteiger partial charge in [-0.15, -0.1) is 0 Å². The molecule has 0 amide bonds. The number of aromatic nitrogens is 3. The zero-order valence-electron chi connectivity index (χ0n) is 15.2. The van der Waals surface area contributed by atoms with Crippen LogP contribution in [0.1, 0.15) is 34.1 Å². The number of Topliss-reactive ketones (excluding diaryl/α,β-unsaturated/α-hetero) is 1. The van der Waals surface area contributed by atoms with E-state index in [1.54, 1.807) is 20.2 Å². The fourth-order valence-electron chi connectivity index (χ4n) is 3.13. The van der Waals surface area contributed by atoms with E-state index >= 15 is 0 Å². The molecule has 138 valence electrons. The number of hydrogen-bond acceptors (Lipinski definition) is 7. The van der Waals surface area contributed by atoms with Crippen LogP contribution in [0, 0.1) is 6.92 Å². The second-order valence-corrected chi connectivity index (χ2v) is 6.27. The molecule has 1 aliphatic heterocycles. The van der Waals surface area contributed by atoms with E-state index in [0.717, 1.165) is 17.5 Å². The standard InChI is InChI=1S/C20H19N3O4/c1-12-21-11-18(27-12)16(24)9-14-10-22-19-15(13-5-7-26-8-6-13)3-4-17(25-2)20(19)23-14/h3-5,10-11H,6-9H2,1-2H3. The van der Waals surface area contributed by atoms with Crippen molar-refractivity contribution < 1.29 is 18.7 Å². The van der Waals surface area contributed by atoms with Crippen molar-refractivity contribution in [1.29, 1.82) is 0 Å². The minimum Gasteiger partial charge on any atom is -0.494 e. The topological polar surface area (TPSA) is 87.3 Å². The number of rotatable bonds is 5. The Balaban J connectivity index is 1.72. The van der Waals surface area contributed by atoms with Crippen molar-refractivity contribution in [2.45, 2.75) is 19.8 Å². The lowest BCUT2D eigenvalue weighted by Gasteiger charge is -2.16. The summed E-state index contributed by atoms with van der Waals surface area (Å²) in [7, 11) is 1.60. The molecule has 3 heterocycles. The van der Waals surface area contributed by atoms with Crippen LogP contribution in [-0.2, 0) is 11.2 Å². The molecule has 0 fully saturated rings. The molecule has 4 rings (SSSR count). The van der Waals surface area contributed by atoms with Gasteiger partial charge >= 0.3 is 0 Å². The Hall–Kier alpha value is -3.06. The molecule has 1 aromatic carbocycles. The molecule has 0 spiro atoms. The number of benzene rings is 1. The summed E-state index contributed by atoms with van der Waals surface area (Å²) in [6, 6.07) is 3.88. The molecule has 0 saturated heterocycles. The van der Waals surface area contributed by atoms with E-state index in [1.165, 1.54) is 11.8 Å². The quantitative estimate of drug-likeness (QED) is 0.642. The van der Waals surface area contributed by atoms with Gasteiger partial charge in [0.2, 0.25) is 5.78 Å². The molecule has 7 heteroatoms. The van der Waals surface area contributed by atoms with Gasteiger partial charge in [-0.1, -0.05) is 6.08 Å². The maximum atomic E-state index is 12.4. The average Bonchev–Trinajstić information content (AvgIpc) is 3.14. The maximum absolute atomic E-state index is 12.4. The predicted octanol–water partition coefficient (Wildman–Crippen LogP) is 3.16. The van der Waals surface area contributed by atoms with Gasteiger partial charge in [0.15, 0.2) is 11.7 Å². The molecular formula is C20H19N3O4. The zero-order valence-corrected chi connectivity index (χ0v) is 15.2. The number of carbonyl (C=O) groups is 1. The van der Waals surface area contributed by atoms with E-state index in [-0.39, 0.29) is 18.0 Å². The van der Waals surface area contributed by atoms with Crippen molar-refractivity contribution >= 4 is 22.4 Å². The lowest BCUT2D eigenvalue weighted by molar-refractivity contribution is 0.0964. The smallest absolute Gasteiger partial charge is 0.205 e. The number of nitrogens with zero attached hydrogens (tertiary/aromatic N) is 3. The van der Waals surface area contributed by atoms with Crippen LogP contribution in [0.25, 0.3) is 16.6 Å². The van der Waals surface area contributed by atoms with Crippen LogP contribution >= 0.6 is 0 Å². The first-order chi connectivity index (χ1) is 13.2. The van der Waals surface area contributed by atoms with Gasteiger partial charge in [0.1, 0.15) is 11.3 Å². The minimum absolute atomic E-state index is 0.0848. The zero-order chi connectivity index (χ0) is 18.8. The summed E-state index contributed by atoms with van der Waals surface area (Å²) in [4.78, 5) is 25.6. The van der Waals surface area contributed by atoms with Gasteiger partial charge in [0.25, 0.3) is 0 Å². The number of carbonyl (C=O) groups excluding carboxylic acids is 1. The van der Waals surface area contributed by atoms with Crippen LogP contribution in [0.2, 0.25) is 0 Å². The van der Waals surface area contributed by atoms with Gasteiger partial charge in [0, 0.05) is 18.7 Å². The highest BCUT2D eigenvalue weighted by Crippen LogP contribution is 2.32. The van der Waals surface area contributed by atoms with Crippen molar-refractivity contribution in [3.63, 3.8) is 0 Å². The van der Waals surface area contributed by atoms with Crippen LogP contribution < -0.4 is 4.74 Å². The fraction of sp³-hybridized carbons (Fsp3) is 0.300. The summed E-state index contributed by atoms with van der Waals surface area (Å²) in [5, 5.41) is 0. The highest BCUT2D eigenvalue weighted by molar-refractivity contribution is 5.95. The second-order valence-electron chi connectivity index (χ2n) is 6.27. The first kappa shape index (κ1) is 17.4. The van der Waals surface area contributed by atoms with E-state index in [9.17, 15) is 4.79 Å². The Bertz CT molecular complexity index is 1040. The van der Waals surface area contributed by atoms with E-state index in [2.05, 4.69) is 21.0 Å². The Morgan fingerprint density at radius 1 is 1.22 bits per heavy atom. The monoisotopic (exact) mass is 365 g/mol. The van der Waals surface area contributed by atoms with Gasteiger partial charge in [-0.3, -0.25) is 9.78 Å². The highest BCUT2D eigenvalue weighted by Gasteiger charge is 2.17. The summed E-state index contributed by atoms with van der Waals surface area (Å²) in [6.45, 7) is 2.99. The third kappa shape index (κ3) is 3.46. The summed E-state index contributed by atoms with van der Waals surface area (Å²) in [6.07, 6.45) is 6.04. The van der Waals surface area contributed by atoms with Crippen molar-refractivity contribution in [2.75, 3.05) is 20.3 Å². The van der Waals surface area contributed by atoms with Crippen LogP contribution in [0.5, 0.6) is 5.75 Å². The molecule has 2 aromatic heterocycles. The van der Waals surface area contributed by atoms with Gasteiger partial charge in [-0.2, -0.15) is 0 Å². The second kappa shape index (κ2) is 7.28. The molecular weight excluding hydrogens is 346 g/mol.